The second-order valence-electron chi connectivity index (χ2n) is 5.39. The van der Waals surface area contributed by atoms with Gasteiger partial charge in [0, 0.05) is 17.9 Å². The van der Waals surface area contributed by atoms with Crippen molar-refractivity contribution in [2.45, 2.75) is 84.7 Å². The molecule has 6 heteroatoms. The van der Waals surface area contributed by atoms with Crippen LogP contribution in [0.4, 0.5) is 0 Å². The van der Waals surface area contributed by atoms with E-state index in [4.69, 9.17) is 5.53 Å². The standard InChI is InChI=1S/C15H28N6/c1-3-5-6-7-8-9-10-11-12-14-18-19-15(13-17-20-16)21(14)4-2/h3-13H2,1-2H3. The Bertz CT molecular complexity index is 433. The molecule has 0 amide bonds. The zero-order valence-corrected chi connectivity index (χ0v) is 13.5. The number of unbranched alkanes of at least 4 members (excludes halogenated alkanes) is 7. The van der Waals surface area contributed by atoms with Gasteiger partial charge >= 0.3 is 0 Å². The lowest BCUT2D eigenvalue weighted by Gasteiger charge is -2.06. The van der Waals surface area contributed by atoms with Gasteiger partial charge in [0.05, 0.1) is 6.54 Å². The topological polar surface area (TPSA) is 79.5 Å². The molecule has 0 aliphatic heterocycles. The van der Waals surface area contributed by atoms with E-state index in [9.17, 15) is 0 Å². The fraction of sp³-hybridized carbons (Fsp3) is 0.867. The van der Waals surface area contributed by atoms with Gasteiger partial charge in [0.2, 0.25) is 0 Å². The minimum atomic E-state index is 0.286. The number of aromatic nitrogens is 3. The molecular formula is C15H28N6. The molecule has 0 unspecified atom stereocenters. The van der Waals surface area contributed by atoms with Crippen LogP contribution in [0.3, 0.4) is 0 Å². The maximum absolute atomic E-state index is 8.38. The predicted octanol–water partition coefficient (Wildman–Crippen LogP) is 4.79. The molecule has 0 saturated heterocycles. The lowest BCUT2D eigenvalue weighted by molar-refractivity contribution is 0.563. The first kappa shape index (κ1) is 17.5. The highest BCUT2D eigenvalue weighted by Crippen LogP contribution is 2.12. The van der Waals surface area contributed by atoms with Crippen molar-refractivity contribution in [3.05, 3.63) is 22.1 Å². The molecule has 118 valence electrons. The molecule has 21 heavy (non-hydrogen) atoms. The molecule has 0 aliphatic carbocycles. The van der Waals surface area contributed by atoms with Crippen molar-refractivity contribution >= 4 is 0 Å². The Labute approximate surface area is 127 Å². The highest BCUT2D eigenvalue weighted by Gasteiger charge is 2.09. The molecule has 0 spiro atoms. The normalized spacial score (nSPS) is 10.6. The largest absolute Gasteiger partial charge is 0.315 e. The molecule has 1 aromatic heterocycles. The van der Waals surface area contributed by atoms with Crippen LogP contribution in [0.1, 0.15) is 76.9 Å². The van der Waals surface area contributed by atoms with Crippen LogP contribution in [0.5, 0.6) is 0 Å². The zero-order chi connectivity index (χ0) is 15.3. The summed E-state index contributed by atoms with van der Waals surface area (Å²) in [5.41, 5.74) is 8.38. The van der Waals surface area contributed by atoms with E-state index in [0.29, 0.717) is 0 Å². The van der Waals surface area contributed by atoms with E-state index in [-0.39, 0.29) is 6.54 Å². The summed E-state index contributed by atoms with van der Waals surface area (Å²) < 4.78 is 2.07. The van der Waals surface area contributed by atoms with Gasteiger partial charge in [-0.2, -0.15) is 0 Å². The summed E-state index contributed by atoms with van der Waals surface area (Å²) in [6, 6.07) is 0. The molecule has 0 saturated carbocycles. The van der Waals surface area contributed by atoms with Gasteiger partial charge in [-0.1, -0.05) is 57.0 Å². The minimum Gasteiger partial charge on any atom is -0.315 e. The van der Waals surface area contributed by atoms with Crippen LogP contribution >= 0.6 is 0 Å². The van der Waals surface area contributed by atoms with Gasteiger partial charge in [-0.3, -0.25) is 0 Å². The third-order valence-corrected chi connectivity index (χ3v) is 3.75. The SMILES string of the molecule is CCCCCCCCCCc1nnc(CN=[N+]=[N-])n1CC. The number of aryl methyl sites for hydroxylation is 1. The van der Waals surface area contributed by atoms with Crippen molar-refractivity contribution in [3.8, 4) is 0 Å². The van der Waals surface area contributed by atoms with Crippen LogP contribution < -0.4 is 0 Å². The number of azide groups is 1. The first-order valence-electron chi connectivity index (χ1n) is 8.25. The van der Waals surface area contributed by atoms with Crippen LogP contribution in [0.2, 0.25) is 0 Å². The van der Waals surface area contributed by atoms with Crippen LogP contribution in [0, 0.1) is 0 Å². The van der Waals surface area contributed by atoms with E-state index >= 15 is 0 Å². The van der Waals surface area contributed by atoms with Gasteiger partial charge < -0.3 is 4.57 Å². The summed E-state index contributed by atoms with van der Waals surface area (Å²) in [6.07, 6.45) is 11.5. The van der Waals surface area contributed by atoms with Gasteiger partial charge in [-0.25, -0.2) is 0 Å². The van der Waals surface area contributed by atoms with Crippen molar-refractivity contribution < 1.29 is 0 Å². The molecule has 1 rings (SSSR count). The molecule has 6 nitrogen and oxygen atoms in total. The van der Waals surface area contributed by atoms with E-state index < -0.39 is 0 Å². The van der Waals surface area contributed by atoms with Crippen LogP contribution in [-0.4, -0.2) is 14.8 Å². The Morgan fingerprint density at radius 3 is 2.19 bits per heavy atom. The number of nitrogens with zero attached hydrogens (tertiary/aromatic N) is 6. The Kier molecular flexibility index (Phi) is 9.29. The summed E-state index contributed by atoms with van der Waals surface area (Å²) in [4.78, 5) is 2.78. The monoisotopic (exact) mass is 292 g/mol. The van der Waals surface area contributed by atoms with Crippen molar-refractivity contribution in [3.63, 3.8) is 0 Å². The fourth-order valence-electron chi connectivity index (χ4n) is 2.55. The van der Waals surface area contributed by atoms with E-state index in [1.165, 1.54) is 44.9 Å². The van der Waals surface area contributed by atoms with Gasteiger partial charge in [-0.15, -0.1) is 10.2 Å². The van der Waals surface area contributed by atoms with Crippen molar-refractivity contribution in [1.29, 1.82) is 0 Å². The maximum Gasteiger partial charge on any atom is 0.138 e. The van der Waals surface area contributed by atoms with Gasteiger partial charge in [0.25, 0.3) is 0 Å². The highest BCUT2D eigenvalue weighted by atomic mass is 15.3. The van der Waals surface area contributed by atoms with Crippen molar-refractivity contribution in [2.75, 3.05) is 0 Å². The first-order valence-corrected chi connectivity index (χ1v) is 8.25. The van der Waals surface area contributed by atoms with E-state index in [1.54, 1.807) is 0 Å². The van der Waals surface area contributed by atoms with Crippen LogP contribution in [0.15, 0.2) is 5.11 Å². The molecule has 0 bridgehead atoms. The van der Waals surface area contributed by atoms with Crippen molar-refractivity contribution in [1.82, 2.24) is 14.8 Å². The smallest absolute Gasteiger partial charge is 0.138 e. The summed E-state index contributed by atoms with van der Waals surface area (Å²) in [6.45, 7) is 5.44. The summed E-state index contributed by atoms with van der Waals surface area (Å²) in [5, 5.41) is 11.9. The average molecular weight is 292 g/mol. The lowest BCUT2D eigenvalue weighted by Crippen LogP contribution is -2.05. The Balaban J connectivity index is 2.25. The van der Waals surface area contributed by atoms with Gasteiger partial charge in [0.1, 0.15) is 11.6 Å². The molecule has 0 aliphatic rings. The Hall–Kier alpha value is -1.55. The third-order valence-electron chi connectivity index (χ3n) is 3.75. The van der Waals surface area contributed by atoms with E-state index in [0.717, 1.165) is 31.0 Å². The Morgan fingerprint density at radius 1 is 0.952 bits per heavy atom. The summed E-state index contributed by atoms with van der Waals surface area (Å²) in [7, 11) is 0. The van der Waals surface area contributed by atoms with Crippen LogP contribution in [-0.2, 0) is 19.5 Å². The zero-order valence-electron chi connectivity index (χ0n) is 13.5. The number of rotatable bonds is 12. The average Bonchev–Trinajstić information content (AvgIpc) is 2.89. The first-order chi connectivity index (χ1) is 10.3. The maximum atomic E-state index is 8.38. The quantitative estimate of drug-likeness (QED) is 0.240. The molecule has 1 heterocycles. The fourth-order valence-corrected chi connectivity index (χ4v) is 2.55. The number of hydrogen-bond acceptors (Lipinski definition) is 3. The molecule has 0 fully saturated rings. The summed E-state index contributed by atoms with van der Waals surface area (Å²) in [5.74, 6) is 1.79. The Morgan fingerprint density at radius 2 is 1.57 bits per heavy atom. The van der Waals surface area contributed by atoms with E-state index in [2.05, 4.69) is 38.6 Å². The van der Waals surface area contributed by atoms with Crippen molar-refractivity contribution in [2.24, 2.45) is 5.11 Å². The predicted molar refractivity (Wildman–Crippen MR) is 84.9 cm³/mol. The van der Waals surface area contributed by atoms with E-state index in [1.807, 2.05) is 0 Å². The molecular weight excluding hydrogens is 264 g/mol. The van der Waals surface area contributed by atoms with Gasteiger partial charge in [-0.05, 0) is 18.9 Å². The lowest BCUT2D eigenvalue weighted by atomic mass is 10.1. The minimum absolute atomic E-state index is 0.286. The highest BCUT2D eigenvalue weighted by molar-refractivity contribution is 4.96. The molecule has 0 radical (unpaired) electrons. The molecule has 0 atom stereocenters. The summed E-state index contributed by atoms with van der Waals surface area (Å²) >= 11 is 0. The third kappa shape index (κ3) is 6.63. The second kappa shape index (κ2) is 11.1. The van der Waals surface area contributed by atoms with Crippen LogP contribution in [0.25, 0.3) is 10.4 Å². The molecule has 0 aromatic carbocycles. The molecule has 0 N–H and O–H groups in total. The number of hydrogen-bond donors (Lipinski definition) is 0. The van der Waals surface area contributed by atoms with Gasteiger partial charge in [0.15, 0.2) is 0 Å². The second-order valence-corrected chi connectivity index (χ2v) is 5.39. The molecule has 1 aromatic rings.